The SMILES string of the molecule is CCOc1cc([C@@H]2C(C(=O)OCCSCC)=C(C)NC3=C2C(=O)[C@@H](C(=O)OC)[C@@H](C)C3)cc(Cl)c1O. The minimum Gasteiger partial charge on any atom is -0.503 e. The number of carbonyl (C=O) groups is 3. The highest BCUT2D eigenvalue weighted by Crippen LogP contribution is 2.48. The molecule has 196 valence electrons. The van der Waals surface area contributed by atoms with Crippen molar-refractivity contribution in [3.05, 3.63) is 45.3 Å². The summed E-state index contributed by atoms with van der Waals surface area (Å²) in [4.78, 5) is 39.7. The predicted octanol–water partition coefficient (Wildman–Crippen LogP) is 4.35. The normalized spacial score (nSPS) is 21.6. The molecule has 36 heavy (non-hydrogen) atoms. The van der Waals surface area contributed by atoms with Gasteiger partial charge in [-0.3, -0.25) is 9.59 Å². The van der Waals surface area contributed by atoms with Crippen molar-refractivity contribution in [1.29, 1.82) is 0 Å². The minimum atomic E-state index is -1.01. The first-order valence-electron chi connectivity index (χ1n) is 11.9. The van der Waals surface area contributed by atoms with Gasteiger partial charge in [-0.25, -0.2) is 4.79 Å². The van der Waals surface area contributed by atoms with E-state index in [1.807, 2.05) is 13.8 Å². The Bertz CT molecular complexity index is 1110. The van der Waals surface area contributed by atoms with Crippen molar-refractivity contribution < 1.29 is 33.7 Å². The number of esters is 2. The molecule has 3 rings (SSSR count). The number of hydrogen-bond acceptors (Lipinski definition) is 9. The lowest BCUT2D eigenvalue weighted by Gasteiger charge is -2.38. The maximum absolute atomic E-state index is 13.8. The molecule has 10 heteroatoms. The molecule has 0 bridgehead atoms. The number of hydrogen-bond donors (Lipinski definition) is 2. The summed E-state index contributed by atoms with van der Waals surface area (Å²) in [5.41, 5.74) is 2.18. The Morgan fingerprint density at radius 2 is 2.00 bits per heavy atom. The number of Topliss-reactive ketones (excluding diaryl/α,β-unsaturated/α-hetero) is 1. The molecule has 1 aliphatic heterocycles. The third-order valence-electron chi connectivity index (χ3n) is 6.31. The number of methoxy groups -OCH3 is 1. The first-order chi connectivity index (χ1) is 17.2. The van der Waals surface area contributed by atoms with Crippen molar-refractivity contribution in [2.45, 2.75) is 40.0 Å². The predicted molar refractivity (Wildman–Crippen MR) is 138 cm³/mol. The van der Waals surface area contributed by atoms with E-state index >= 15 is 0 Å². The molecule has 1 aromatic carbocycles. The van der Waals surface area contributed by atoms with E-state index in [2.05, 4.69) is 5.32 Å². The van der Waals surface area contributed by atoms with Gasteiger partial charge in [-0.1, -0.05) is 25.4 Å². The fourth-order valence-electron chi connectivity index (χ4n) is 4.73. The molecule has 2 N–H and O–H groups in total. The topological polar surface area (TPSA) is 111 Å². The van der Waals surface area contributed by atoms with E-state index in [4.69, 9.17) is 25.8 Å². The van der Waals surface area contributed by atoms with Crippen molar-refractivity contribution in [1.82, 2.24) is 5.32 Å². The largest absolute Gasteiger partial charge is 0.503 e. The first kappa shape index (κ1) is 27.9. The Kier molecular flexibility index (Phi) is 9.35. The van der Waals surface area contributed by atoms with Crippen LogP contribution in [0.5, 0.6) is 11.5 Å². The number of ketones is 1. The monoisotopic (exact) mass is 537 g/mol. The Balaban J connectivity index is 2.17. The van der Waals surface area contributed by atoms with Crippen LogP contribution < -0.4 is 10.1 Å². The molecule has 0 unspecified atom stereocenters. The van der Waals surface area contributed by atoms with Crippen LogP contribution in [0.2, 0.25) is 5.02 Å². The second kappa shape index (κ2) is 12.1. The number of aromatic hydroxyl groups is 1. The number of nitrogens with one attached hydrogen (secondary N) is 1. The summed E-state index contributed by atoms with van der Waals surface area (Å²) >= 11 is 7.98. The molecule has 1 aliphatic carbocycles. The highest BCUT2D eigenvalue weighted by Gasteiger charge is 2.47. The van der Waals surface area contributed by atoms with Gasteiger partial charge in [0.25, 0.3) is 0 Å². The molecule has 0 amide bonds. The molecule has 1 heterocycles. The number of carbonyl (C=O) groups excluding carboxylic acids is 3. The molecule has 0 radical (unpaired) electrons. The number of halogens is 1. The first-order valence-corrected chi connectivity index (χ1v) is 13.4. The number of benzene rings is 1. The maximum atomic E-state index is 13.8. The number of phenols is 1. The van der Waals surface area contributed by atoms with Crippen LogP contribution in [0.15, 0.2) is 34.7 Å². The maximum Gasteiger partial charge on any atom is 0.336 e. The quantitative estimate of drug-likeness (QED) is 0.269. The van der Waals surface area contributed by atoms with Crippen LogP contribution in [0.4, 0.5) is 0 Å². The van der Waals surface area contributed by atoms with Crippen LogP contribution in [0.1, 0.15) is 45.6 Å². The van der Waals surface area contributed by atoms with Gasteiger partial charge in [0.1, 0.15) is 12.5 Å². The van der Waals surface area contributed by atoms with E-state index in [0.717, 1.165) is 5.75 Å². The summed E-state index contributed by atoms with van der Waals surface area (Å²) in [6, 6.07) is 3.07. The van der Waals surface area contributed by atoms with Crippen molar-refractivity contribution in [3.63, 3.8) is 0 Å². The molecule has 3 atom stereocenters. The number of rotatable bonds is 9. The summed E-state index contributed by atoms with van der Waals surface area (Å²) in [6.07, 6.45) is 0.411. The van der Waals surface area contributed by atoms with E-state index in [1.165, 1.54) is 13.2 Å². The molecule has 0 saturated heterocycles. The highest BCUT2D eigenvalue weighted by molar-refractivity contribution is 7.99. The zero-order valence-electron chi connectivity index (χ0n) is 21.1. The summed E-state index contributed by atoms with van der Waals surface area (Å²) in [6.45, 7) is 7.84. The second-order valence-electron chi connectivity index (χ2n) is 8.65. The third-order valence-corrected chi connectivity index (χ3v) is 7.46. The van der Waals surface area contributed by atoms with E-state index < -0.39 is 29.6 Å². The average Bonchev–Trinajstić information content (AvgIpc) is 2.83. The van der Waals surface area contributed by atoms with Gasteiger partial charge in [0, 0.05) is 28.6 Å². The van der Waals surface area contributed by atoms with Gasteiger partial charge in [-0.2, -0.15) is 11.8 Å². The standard InChI is InChI=1S/C26H32ClNO7S/c1-6-34-18-12-15(11-16(27)23(18)29)21-20(26(32)35-8-9-36-7-2)14(4)28-17-10-13(3)19(25(31)33-5)24(30)22(17)21/h11-13,19,21,28-29H,6-10H2,1-5H3/t13-,19-,21+/m0/s1. The van der Waals surface area contributed by atoms with E-state index in [1.54, 1.807) is 31.7 Å². The van der Waals surface area contributed by atoms with Gasteiger partial charge in [-0.05, 0) is 49.6 Å². The van der Waals surface area contributed by atoms with Crippen LogP contribution in [-0.4, -0.2) is 54.7 Å². The molecule has 0 aromatic heterocycles. The van der Waals surface area contributed by atoms with Crippen molar-refractivity contribution >= 4 is 41.1 Å². The summed E-state index contributed by atoms with van der Waals surface area (Å²) < 4.78 is 16.1. The smallest absolute Gasteiger partial charge is 0.336 e. The van der Waals surface area contributed by atoms with Crippen LogP contribution in [0.25, 0.3) is 0 Å². The lowest BCUT2D eigenvalue weighted by Crippen LogP contribution is -2.43. The van der Waals surface area contributed by atoms with Gasteiger partial charge in [-0.15, -0.1) is 0 Å². The van der Waals surface area contributed by atoms with E-state index in [-0.39, 0.29) is 46.8 Å². The van der Waals surface area contributed by atoms with Crippen LogP contribution in [0, 0.1) is 11.8 Å². The van der Waals surface area contributed by atoms with Gasteiger partial charge < -0.3 is 24.6 Å². The van der Waals surface area contributed by atoms with Crippen molar-refractivity contribution in [2.24, 2.45) is 11.8 Å². The third kappa shape index (κ3) is 5.52. The molecular formula is C26H32ClNO7S. The summed E-state index contributed by atoms with van der Waals surface area (Å²) in [5, 5.41) is 13.6. The Labute approximate surface area is 220 Å². The lowest BCUT2D eigenvalue weighted by molar-refractivity contribution is -0.151. The van der Waals surface area contributed by atoms with Crippen molar-refractivity contribution in [2.75, 3.05) is 31.8 Å². The summed E-state index contributed by atoms with van der Waals surface area (Å²) in [5.74, 6) is -2.37. The molecule has 0 spiro atoms. The molecule has 0 saturated carbocycles. The number of thioether (sulfide) groups is 1. The fraction of sp³-hybridized carbons (Fsp3) is 0.500. The van der Waals surface area contributed by atoms with Crippen LogP contribution in [0.3, 0.4) is 0 Å². The summed E-state index contributed by atoms with van der Waals surface area (Å²) in [7, 11) is 1.25. The van der Waals surface area contributed by atoms with Gasteiger partial charge in [0.05, 0.1) is 24.3 Å². The minimum absolute atomic E-state index is 0.0162. The number of allylic oxidation sites excluding steroid dienone is 3. The second-order valence-corrected chi connectivity index (χ2v) is 10.5. The number of dihydropyridines is 1. The number of ether oxygens (including phenoxy) is 3. The van der Waals surface area contributed by atoms with E-state index in [0.29, 0.717) is 29.1 Å². The zero-order valence-corrected chi connectivity index (χ0v) is 22.7. The lowest BCUT2D eigenvalue weighted by atomic mass is 9.69. The van der Waals surface area contributed by atoms with Crippen LogP contribution in [-0.2, 0) is 23.9 Å². The van der Waals surface area contributed by atoms with Gasteiger partial charge >= 0.3 is 11.9 Å². The highest BCUT2D eigenvalue weighted by atomic mass is 35.5. The fourth-order valence-corrected chi connectivity index (χ4v) is 5.43. The van der Waals surface area contributed by atoms with Gasteiger partial charge in [0.2, 0.25) is 0 Å². The Morgan fingerprint density at radius 3 is 2.64 bits per heavy atom. The zero-order chi connectivity index (χ0) is 26.6. The molecule has 0 fully saturated rings. The molecule has 1 aromatic rings. The number of phenolic OH excluding ortho intramolecular Hbond substituents is 1. The Hall–Kier alpha value is -2.65. The average molecular weight is 538 g/mol. The van der Waals surface area contributed by atoms with Crippen molar-refractivity contribution in [3.8, 4) is 11.5 Å². The molecule has 2 aliphatic rings. The van der Waals surface area contributed by atoms with E-state index in [9.17, 15) is 19.5 Å². The molecular weight excluding hydrogens is 506 g/mol. The molecule has 8 nitrogen and oxygen atoms in total. The Morgan fingerprint density at radius 1 is 1.28 bits per heavy atom. The van der Waals surface area contributed by atoms with Gasteiger partial charge in [0.15, 0.2) is 17.3 Å². The van der Waals surface area contributed by atoms with Crippen LogP contribution >= 0.6 is 23.4 Å².